The van der Waals surface area contributed by atoms with E-state index in [1.54, 1.807) is 19.2 Å². The van der Waals surface area contributed by atoms with Crippen molar-refractivity contribution in [2.75, 3.05) is 12.4 Å². The van der Waals surface area contributed by atoms with Gasteiger partial charge in [-0.15, -0.1) is 0 Å². The third-order valence-corrected chi connectivity index (χ3v) is 7.45. The molecule has 0 aliphatic heterocycles. The van der Waals surface area contributed by atoms with Gasteiger partial charge in [-0.3, -0.25) is 4.79 Å². The molecule has 1 N–H and O–H groups in total. The Morgan fingerprint density at radius 2 is 1.68 bits per heavy atom. The molecule has 3 rings (SSSR count). The van der Waals surface area contributed by atoms with E-state index < -0.39 is 10.0 Å². The zero-order chi connectivity index (χ0) is 20.1. The molecule has 0 aromatic heterocycles. The largest absolute Gasteiger partial charge is 0.322 e. The van der Waals surface area contributed by atoms with Crippen LogP contribution in [0, 0.1) is 0 Å². The number of para-hydroxylation sites is 1. The highest BCUT2D eigenvalue weighted by Crippen LogP contribution is 2.26. The van der Waals surface area contributed by atoms with Crippen LogP contribution in [-0.4, -0.2) is 31.7 Å². The lowest BCUT2D eigenvalue weighted by atomic mass is 9.96. The van der Waals surface area contributed by atoms with Gasteiger partial charge in [0.2, 0.25) is 10.0 Å². The van der Waals surface area contributed by atoms with Crippen LogP contribution >= 0.6 is 0 Å². The average molecular weight is 401 g/mol. The molecule has 1 aliphatic carbocycles. The van der Waals surface area contributed by atoms with Crippen molar-refractivity contribution < 1.29 is 13.2 Å². The third kappa shape index (κ3) is 4.45. The number of anilines is 1. The first-order chi connectivity index (χ1) is 13.4. The molecule has 5 nitrogen and oxygen atoms in total. The molecule has 2 aromatic rings. The number of carbonyl (C=O) groups is 1. The molecule has 1 amide bonds. The molecular formula is C22H28N2O3S. The number of benzene rings is 2. The summed E-state index contributed by atoms with van der Waals surface area (Å²) in [5.74, 6) is -0.245. The standard InChI is InChI=1S/C22H28N2O3S/c1-3-17-9-7-8-12-21(17)23-22(25)18-13-15-20(16-14-18)28(26,27)24(2)19-10-5-4-6-11-19/h7-9,12-16,19H,3-6,10-11H2,1-2H3,(H,23,25). The normalized spacial score (nSPS) is 15.5. The fraction of sp³-hybridized carbons (Fsp3) is 0.409. The van der Waals surface area contributed by atoms with Crippen molar-refractivity contribution in [2.24, 2.45) is 0 Å². The van der Waals surface area contributed by atoms with E-state index in [2.05, 4.69) is 5.32 Å². The molecule has 0 spiro atoms. The van der Waals surface area contributed by atoms with Gasteiger partial charge in [0.25, 0.3) is 5.91 Å². The second-order valence-electron chi connectivity index (χ2n) is 7.30. The van der Waals surface area contributed by atoms with Crippen molar-refractivity contribution in [3.05, 3.63) is 59.7 Å². The molecule has 0 unspecified atom stereocenters. The van der Waals surface area contributed by atoms with Crippen molar-refractivity contribution in [2.45, 2.75) is 56.4 Å². The molecule has 1 saturated carbocycles. The summed E-state index contributed by atoms with van der Waals surface area (Å²) in [7, 11) is -1.89. The van der Waals surface area contributed by atoms with E-state index in [4.69, 9.17) is 0 Å². The summed E-state index contributed by atoms with van der Waals surface area (Å²) in [6, 6.07) is 13.9. The van der Waals surface area contributed by atoms with Gasteiger partial charge in [-0.1, -0.05) is 44.4 Å². The van der Waals surface area contributed by atoms with E-state index in [1.807, 2.05) is 31.2 Å². The highest BCUT2D eigenvalue weighted by Gasteiger charge is 2.29. The van der Waals surface area contributed by atoms with Crippen LogP contribution in [0.15, 0.2) is 53.4 Å². The van der Waals surface area contributed by atoms with E-state index >= 15 is 0 Å². The average Bonchev–Trinajstić information content (AvgIpc) is 2.74. The molecule has 0 saturated heterocycles. The van der Waals surface area contributed by atoms with Gasteiger partial charge < -0.3 is 5.32 Å². The topological polar surface area (TPSA) is 66.5 Å². The Balaban J connectivity index is 1.74. The monoisotopic (exact) mass is 400 g/mol. The van der Waals surface area contributed by atoms with Crippen LogP contribution in [0.2, 0.25) is 0 Å². The van der Waals surface area contributed by atoms with Gasteiger partial charge in [0.1, 0.15) is 0 Å². The smallest absolute Gasteiger partial charge is 0.255 e. The maximum atomic E-state index is 12.9. The van der Waals surface area contributed by atoms with Crippen LogP contribution in [-0.2, 0) is 16.4 Å². The molecule has 2 aromatic carbocycles. The van der Waals surface area contributed by atoms with Crippen molar-refractivity contribution in [3.8, 4) is 0 Å². The molecule has 150 valence electrons. The minimum atomic E-state index is -3.55. The lowest BCUT2D eigenvalue weighted by Crippen LogP contribution is -2.38. The number of rotatable bonds is 6. The first kappa shape index (κ1) is 20.6. The Labute approximate surface area is 167 Å². The summed E-state index contributed by atoms with van der Waals surface area (Å²) in [5, 5.41) is 2.91. The summed E-state index contributed by atoms with van der Waals surface area (Å²) in [6.07, 6.45) is 5.96. The predicted molar refractivity (Wildman–Crippen MR) is 112 cm³/mol. The molecule has 0 heterocycles. The summed E-state index contributed by atoms with van der Waals surface area (Å²) >= 11 is 0. The molecule has 0 bridgehead atoms. The number of hydrogen-bond acceptors (Lipinski definition) is 3. The number of amides is 1. The van der Waals surface area contributed by atoms with Crippen LogP contribution in [0.4, 0.5) is 5.69 Å². The van der Waals surface area contributed by atoms with Crippen molar-refractivity contribution in [1.29, 1.82) is 0 Å². The Kier molecular flexibility index (Phi) is 6.52. The second kappa shape index (κ2) is 8.88. The van der Waals surface area contributed by atoms with Gasteiger partial charge in [-0.2, -0.15) is 4.31 Å². The Morgan fingerprint density at radius 1 is 1.04 bits per heavy atom. The fourth-order valence-electron chi connectivity index (χ4n) is 3.73. The van der Waals surface area contributed by atoms with E-state index in [9.17, 15) is 13.2 Å². The van der Waals surface area contributed by atoms with Gasteiger partial charge in [-0.05, 0) is 55.2 Å². The van der Waals surface area contributed by atoms with E-state index in [-0.39, 0.29) is 16.8 Å². The zero-order valence-electron chi connectivity index (χ0n) is 16.5. The molecule has 1 fully saturated rings. The third-order valence-electron chi connectivity index (χ3n) is 5.53. The van der Waals surface area contributed by atoms with Crippen molar-refractivity contribution >= 4 is 21.6 Å². The highest BCUT2D eigenvalue weighted by molar-refractivity contribution is 7.89. The van der Waals surface area contributed by atoms with Gasteiger partial charge in [0, 0.05) is 24.3 Å². The van der Waals surface area contributed by atoms with Gasteiger partial charge in [0.05, 0.1) is 4.90 Å². The number of nitrogens with zero attached hydrogens (tertiary/aromatic N) is 1. The molecule has 6 heteroatoms. The van der Waals surface area contributed by atoms with Crippen LogP contribution in [0.3, 0.4) is 0 Å². The first-order valence-electron chi connectivity index (χ1n) is 9.91. The highest BCUT2D eigenvalue weighted by atomic mass is 32.2. The minimum absolute atomic E-state index is 0.0623. The molecular weight excluding hydrogens is 372 g/mol. The van der Waals surface area contributed by atoms with Crippen molar-refractivity contribution in [1.82, 2.24) is 4.31 Å². The Hall–Kier alpha value is -2.18. The van der Waals surface area contributed by atoms with Crippen molar-refractivity contribution in [3.63, 3.8) is 0 Å². The number of carbonyl (C=O) groups excluding carboxylic acids is 1. The summed E-state index contributed by atoms with van der Waals surface area (Å²) in [4.78, 5) is 12.8. The molecule has 0 radical (unpaired) electrons. The van der Waals surface area contributed by atoms with E-state index in [0.29, 0.717) is 5.56 Å². The Bertz CT molecular complexity index is 917. The maximum absolute atomic E-state index is 12.9. The van der Waals surface area contributed by atoms with Crippen LogP contribution in [0.1, 0.15) is 54.9 Å². The van der Waals surface area contributed by atoms with Gasteiger partial charge >= 0.3 is 0 Å². The quantitative estimate of drug-likeness (QED) is 0.779. The number of nitrogens with one attached hydrogen (secondary N) is 1. The number of hydrogen-bond donors (Lipinski definition) is 1. The predicted octanol–water partition coefficient (Wildman–Crippen LogP) is 4.45. The summed E-state index contributed by atoms with van der Waals surface area (Å²) < 4.78 is 27.3. The second-order valence-corrected chi connectivity index (χ2v) is 9.30. The first-order valence-corrected chi connectivity index (χ1v) is 11.3. The summed E-state index contributed by atoms with van der Waals surface area (Å²) in [5.41, 5.74) is 2.28. The van der Waals surface area contributed by atoms with Gasteiger partial charge in [0.15, 0.2) is 0 Å². The lowest BCUT2D eigenvalue weighted by Gasteiger charge is -2.30. The fourth-order valence-corrected chi connectivity index (χ4v) is 5.15. The zero-order valence-corrected chi connectivity index (χ0v) is 17.3. The number of sulfonamides is 1. The maximum Gasteiger partial charge on any atom is 0.255 e. The lowest BCUT2D eigenvalue weighted by molar-refractivity contribution is 0.102. The number of aryl methyl sites for hydroxylation is 1. The van der Waals surface area contributed by atoms with Crippen LogP contribution in [0.25, 0.3) is 0 Å². The van der Waals surface area contributed by atoms with E-state index in [0.717, 1.165) is 43.4 Å². The van der Waals surface area contributed by atoms with Crippen LogP contribution in [0.5, 0.6) is 0 Å². The SMILES string of the molecule is CCc1ccccc1NC(=O)c1ccc(S(=O)(=O)N(C)C2CCCCC2)cc1. The Morgan fingerprint density at radius 3 is 2.32 bits per heavy atom. The molecule has 28 heavy (non-hydrogen) atoms. The van der Waals surface area contributed by atoms with E-state index in [1.165, 1.54) is 22.9 Å². The minimum Gasteiger partial charge on any atom is -0.322 e. The molecule has 1 aliphatic rings. The van der Waals surface area contributed by atoms with Crippen LogP contribution < -0.4 is 5.32 Å². The summed E-state index contributed by atoms with van der Waals surface area (Å²) in [6.45, 7) is 2.04. The molecule has 0 atom stereocenters. The van der Waals surface area contributed by atoms with Gasteiger partial charge in [-0.25, -0.2) is 8.42 Å².